The Bertz CT molecular complexity index is 1270. The van der Waals surface area contributed by atoms with E-state index in [9.17, 15) is 9.18 Å². The highest BCUT2D eigenvalue weighted by Gasteiger charge is 2.10. The molecule has 0 fully saturated rings. The van der Waals surface area contributed by atoms with Crippen LogP contribution in [0, 0.1) is 5.82 Å². The van der Waals surface area contributed by atoms with E-state index in [2.05, 4.69) is 31.1 Å². The molecule has 0 unspecified atom stereocenters. The highest BCUT2D eigenvalue weighted by Crippen LogP contribution is 2.16. The summed E-state index contributed by atoms with van der Waals surface area (Å²) in [4.78, 5) is 23.0. The molecule has 1 amide bonds. The summed E-state index contributed by atoms with van der Waals surface area (Å²) < 4.78 is 13.3. The van der Waals surface area contributed by atoms with Crippen LogP contribution in [0.3, 0.4) is 0 Å². The molecule has 1 aromatic carbocycles. The standard InChI is InChI=1S/C26H29FN8O/c27-23-6-1-4-19(14-23)9-13-33-35-18-22(17-34-35)24-8-7-21(16-31-24)26(36)32-15-20-5-2-11-29-25(20)30-12-3-10-28/h1-2,4-8,11,14,16-18,33H,3,9-10,12-13,15,28H2,(H,29,30)(H,32,36). The van der Waals surface area contributed by atoms with Gasteiger partial charge in [0.25, 0.3) is 5.91 Å². The number of nitrogens with one attached hydrogen (secondary N) is 3. The fourth-order valence-electron chi connectivity index (χ4n) is 3.57. The lowest BCUT2D eigenvalue weighted by Crippen LogP contribution is -2.24. The summed E-state index contributed by atoms with van der Waals surface area (Å²) in [5.41, 5.74) is 12.5. The van der Waals surface area contributed by atoms with Crippen molar-refractivity contribution in [3.8, 4) is 11.3 Å². The molecule has 36 heavy (non-hydrogen) atoms. The van der Waals surface area contributed by atoms with Gasteiger partial charge in [-0.2, -0.15) is 9.89 Å². The van der Waals surface area contributed by atoms with Crippen LogP contribution >= 0.6 is 0 Å². The van der Waals surface area contributed by atoms with Crippen LogP contribution in [0.4, 0.5) is 10.2 Å². The minimum atomic E-state index is -0.241. The molecule has 0 spiro atoms. The van der Waals surface area contributed by atoms with Gasteiger partial charge in [-0.1, -0.05) is 18.2 Å². The van der Waals surface area contributed by atoms with Crippen LogP contribution in [0.15, 0.2) is 73.3 Å². The number of amides is 1. The van der Waals surface area contributed by atoms with Gasteiger partial charge >= 0.3 is 0 Å². The number of nitrogens with two attached hydrogens (primary N) is 1. The van der Waals surface area contributed by atoms with Crippen molar-refractivity contribution in [2.45, 2.75) is 19.4 Å². The molecule has 0 radical (unpaired) electrons. The molecule has 0 atom stereocenters. The van der Waals surface area contributed by atoms with Gasteiger partial charge in [-0.05, 0) is 55.3 Å². The van der Waals surface area contributed by atoms with E-state index >= 15 is 0 Å². The molecule has 3 aromatic heterocycles. The number of hydrogen-bond acceptors (Lipinski definition) is 7. The molecule has 0 saturated heterocycles. The Labute approximate surface area is 208 Å². The molecule has 0 aliphatic heterocycles. The predicted molar refractivity (Wildman–Crippen MR) is 137 cm³/mol. The Balaban J connectivity index is 1.29. The largest absolute Gasteiger partial charge is 0.370 e. The van der Waals surface area contributed by atoms with Crippen molar-refractivity contribution in [2.75, 3.05) is 30.4 Å². The quantitative estimate of drug-likeness (QED) is 0.226. The van der Waals surface area contributed by atoms with Crippen LogP contribution in [0.25, 0.3) is 11.3 Å². The summed E-state index contributed by atoms with van der Waals surface area (Å²) >= 11 is 0. The van der Waals surface area contributed by atoms with Gasteiger partial charge in [-0.15, -0.1) is 0 Å². The number of carbonyl (C=O) groups is 1. The normalized spacial score (nSPS) is 10.7. The van der Waals surface area contributed by atoms with Crippen molar-refractivity contribution < 1.29 is 9.18 Å². The van der Waals surface area contributed by atoms with E-state index in [0.29, 0.717) is 37.3 Å². The second kappa shape index (κ2) is 12.4. The van der Waals surface area contributed by atoms with Crippen LogP contribution in [0.2, 0.25) is 0 Å². The van der Waals surface area contributed by atoms with E-state index in [1.165, 1.54) is 12.1 Å². The van der Waals surface area contributed by atoms with Gasteiger partial charge in [0, 0.05) is 43.2 Å². The zero-order valence-corrected chi connectivity index (χ0v) is 19.8. The van der Waals surface area contributed by atoms with Crippen molar-refractivity contribution in [1.29, 1.82) is 0 Å². The SMILES string of the molecule is NCCCNc1ncccc1CNC(=O)c1ccc(-c2cnn(NCCc3cccc(F)c3)c2)nc1. The van der Waals surface area contributed by atoms with Crippen molar-refractivity contribution >= 4 is 11.7 Å². The summed E-state index contributed by atoms with van der Waals surface area (Å²) in [5.74, 6) is 0.274. The number of carbonyl (C=O) groups excluding carboxylic acids is 1. The molecule has 3 heterocycles. The van der Waals surface area contributed by atoms with Crippen LogP contribution < -0.4 is 21.8 Å². The second-order valence-electron chi connectivity index (χ2n) is 8.16. The van der Waals surface area contributed by atoms with Gasteiger partial charge < -0.3 is 21.8 Å². The molecule has 4 rings (SSSR count). The summed E-state index contributed by atoms with van der Waals surface area (Å²) in [6, 6.07) is 13.8. The van der Waals surface area contributed by atoms with E-state index in [4.69, 9.17) is 5.73 Å². The summed E-state index contributed by atoms with van der Waals surface area (Å²) in [5, 5.41) is 10.5. The molecule has 5 N–H and O–H groups in total. The summed E-state index contributed by atoms with van der Waals surface area (Å²) in [6.45, 7) is 2.26. The van der Waals surface area contributed by atoms with Gasteiger partial charge in [0.05, 0.1) is 23.7 Å². The third-order valence-electron chi connectivity index (χ3n) is 5.48. The third kappa shape index (κ3) is 6.86. The number of aromatic nitrogens is 4. The monoisotopic (exact) mass is 488 g/mol. The molecule has 4 aromatic rings. The molecule has 10 heteroatoms. The van der Waals surface area contributed by atoms with Crippen molar-refractivity contribution in [3.63, 3.8) is 0 Å². The molecule has 186 valence electrons. The molecular weight excluding hydrogens is 459 g/mol. The Morgan fingerprint density at radius 2 is 1.97 bits per heavy atom. The first-order valence-electron chi connectivity index (χ1n) is 11.8. The van der Waals surface area contributed by atoms with Crippen LogP contribution in [0.5, 0.6) is 0 Å². The maximum Gasteiger partial charge on any atom is 0.253 e. The molecule has 0 aliphatic rings. The molecule has 0 aliphatic carbocycles. The Hall–Kier alpha value is -4.31. The van der Waals surface area contributed by atoms with Gasteiger partial charge in [0.15, 0.2) is 0 Å². The van der Waals surface area contributed by atoms with E-state index < -0.39 is 0 Å². The third-order valence-corrected chi connectivity index (χ3v) is 5.48. The average molecular weight is 489 g/mol. The van der Waals surface area contributed by atoms with Crippen molar-refractivity contribution in [3.05, 3.63) is 95.8 Å². The van der Waals surface area contributed by atoms with Gasteiger partial charge in [-0.3, -0.25) is 9.78 Å². The number of rotatable bonds is 12. The van der Waals surface area contributed by atoms with E-state index in [1.54, 1.807) is 41.6 Å². The number of nitrogens with zero attached hydrogens (tertiary/aromatic N) is 4. The maximum absolute atomic E-state index is 13.3. The number of hydrogen-bond donors (Lipinski definition) is 4. The van der Waals surface area contributed by atoms with Crippen LogP contribution in [-0.2, 0) is 13.0 Å². The Morgan fingerprint density at radius 3 is 2.78 bits per heavy atom. The van der Waals surface area contributed by atoms with Crippen molar-refractivity contribution in [1.82, 2.24) is 25.2 Å². The van der Waals surface area contributed by atoms with Gasteiger partial charge in [-0.25, -0.2) is 9.37 Å². The first-order valence-corrected chi connectivity index (χ1v) is 11.8. The first-order chi connectivity index (χ1) is 17.6. The Kier molecular flexibility index (Phi) is 8.55. The molecular formula is C26H29FN8O. The highest BCUT2D eigenvalue weighted by atomic mass is 19.1. The van der Waals surface area contributed by atoms with E-state index in [0.717, 1.165) is 35.5 Å². The summed E-state index contributed by atoms with van der Waals surface area (Å²) in [7, 11) is 0. The lowest BCUT2D eigenvalue weighted by atomic mass is 10.1. The second-order valence-corrected chi connectivity index (χ2v) is 8.16. The number of halogens is 1. The minimum absolute atomic E-state index is 0.222. The highest BCUT2D eigenvalue weighted by molar-refractivity contribution is 5.94. The van der Waals surface area contributed by atoms with Gasteiger partial charge in [0.1, 0.15) is 11.6 Å². The van der Waals surface area contributed by atoms with E-state index in [1.807, 2.05) is 24.4 Å². The maximum atomic E-state index is 13.3. The van der Waals surface area contributed by atoms with Crippen LogP contribution in [0.1, 0.15) is 27.9 Å². The molecule has 0 saturated carbocycles. The average Bonchev–Trinajstić information content (AvgIpc) is 3.37. The summed E-state index contributed by atoms with van der Waals surface area (Å²) in [6.07, 6.45) is 8.27. The first kappa shape index (κ1) is 24.8. The Morgan fingerprint density at radius 1 is 1.06 bits per heavy atom. The fourth-order valence-corrected chi connectivity index (χ4v) is 3.57. The predicted octanol–water partition coefficient (Wildman–Crippen LogP) is 2.96. The zero-order chi connectivity index (χ0) is 25.2. The molecule has 0 bridgehead atoms. The number of pyridine rings is 2. The van der Waals surface area contributed by atoms with Crippen molar-refractivity contribution in [2.24, 2.45) is 5.73 Å². The smallest absolute Gasteiger partial charge is 0.253 e. The number of benzene rings is 1. The fraction of sp³-hybridized carbons (Fsp3) is 0.231. The lowest BCUT2D eigenvalue weighted by Gasteiger charge is -2.11. The van der Waals surface area contributed by atoms with Gasteiger partial charge in [0.2, 0.25) is 0 Å². The minimum Gasteiger partial charge on any atom is -0.370 e. The topological polar surface area (TPSA) is 123 Å². The van der Waals surface area contributed by atoms with E-state index in [-0.39, 0.29) is 11.7 Å². The number of anilines is 1. The molecule has 9 nitrogen and oxygen atoms in total. The lowest BCUT2D eigenvalue weighted by molar-refractivity contribution is 0.0950. The zero-order valence-electron chi connectivity index (χ0n) is 19.8. The van der Waals surface area contributed by atoms with Crippen LogP contribution in [-0.4, -0.2) is 45.4 Å².